The van der Waals surface area contributed by atoms with Crippen molar-refractivity contribution in [3.63, 3.8) is 0 Å². The Morgan fingerprint density at radius 1 is 1.39 bits per heavy atom. The minimum Gasteiger partial charge on any atom is -0.478 e. The first kappa shape index (κ1) is 25.1. The van der Waals surface area contributed by atoms with Crippen molar-refractivity contribution in [1.82, 2.24) is 4.98 Å². The number of aliphatic hydroxyl groups is 1. The van der Waals surface area contributed by atoms with Crippen LogP contribution in [0.1, 0.15) is 41.8 Å². The molecule has 1 aromatic carbocycles. The molecule has 2 aromatic rings. The molecule has 1 amide bonds. The van der Waals surface area contributed by atoms with Gasteiger partial charge in [-0.15, -0.1) is 17.9 Å². The molecule has 9 heteroatoms. The number of aliphatic hydroxyl groups excluding tert-OH is 1. The van der Waals surface area contributed by atoms with Crippen LogP contribution in [0.25, 0.3) is 6.08 Å². The lowest BCUT2D eigenvalue weighted by molar-refractivity contribution is -0.133. The van der Waals surface area contributed by atoms with Crippen molar-refractivity contribution in [2.75, 3.05) is 18.1 Å². The summed E-state index contributed by atoms with van der Waals surface area (Å²) in [6, 6.07) is 5.35. The highest BCUT2D eigenvalue weighted by atomic mass is 35.5. The molecular weight excluding hydrogens is 464 g/mol. The summed E-state index contributed by atoms with van der Waals surface area (Å²) in [5, 5.41) is 19.9. The maximum atomic E-state index is 13.7. The molecule has 0 aliphatic carbocycles. The average molecular weight is 491 g/mol. The molecule has 1 aliphatic rings. The van der Waals surface area contributed by atoms with Gasteiger partial charge in [0.05, 0.1) is 11.1 Å². The zero-order valence-electron chi connectivity index (χ0n) is 18.5. The average Bonchev–Trinajstić information content (AvgIpc) is 3.18. The van der Waals surface area contributed by atoms with Crippen LogP contribution < -0.4 is 4.90 Å². The van der Waals surface area contributed by atoms with Gasteiger partial charge in [-0.2, -0.15) is 0 Å². The van der Waals surface area contributed by atoms with Gasteiger partial charge in [0.1, 0.15) is 6.10 Å². The third-order valence-electron chi connectivity index (χ3n) is 5.21. The third kappa shape index (κ3) is 6.29. The molecule has 3 rings (SSSR count). The van der Waals surface area contributed by atoms with Crippen LogP contribution in [0.4, 0.5) is 5.69 Å². The number of hydrogen-bond acceptors (Lipinski definition) is 6. The standard InChI is InChI=1S/C24H27ClN2O5S/c1-4-5-19-17-10-15(25)6-8-18(17)27(13-24(2,3)14-28)23(31)20(32-19)11-21-26-12-16(33-21)7-9-22(29)30/h4,6-10,12,19-20,28H,1,5,11,13-14H2,2-3H3,(H,29,30)/b9-7+/t19-,20-/m1/s1. The summed E-state index contributed by atoms with van der Waals surface area (Å²) in [4.78, 5) is 31.2. The summed E-state index contributed by atoms with van der Waals surface area (Å²) in [6.07, 6.45) is 5.29. The maximum Gasteiger partial charge on any atom is 0.328 e. The fraction of sp³-hybridized carbons (Fsp3) is 0.375. The predicted molar refractivity (Wildman–Crippen MR) is 130 cm³/mol. The van der Waals surface area contributed by atoms with Crippen LogP contribution in [0.3, 0.4) is 0 Å². The highest BCUT2D eigenvalue weighted by Crippen LogP contribution is 2.39. The predicted octanol–water partition coefficient (Wildman–Crippen LogP) is 4.50. The lowest BCUT2D eigenvalue weighted by atomic mass is 9.93. The van der Waals surface area contributed by atoms with Gasteiger partial charge in [0, 0.05) is 58.4 Å². The number of aromatic nitrogens is 1. The van der Waals surface area contributed by atoms with E-state index >= 15 is 0 Å². The van der Waals surface area contributed by atoms with Gasteiger partial charge in [0.2, 0.25) is 0 Å². The van der Waals surface area contributed by atoms with Crippen molar-refractivity contribution in [3.05, 3.63) is 63.6 Å². The normalized spacial score (nSPS) is 18.9. The van der Waals surface area contributed by atoms with Gasteiger partial charge < -0.3 is 19.8 Å². The molecule has 1 aromatic heterocycles. The summed E-state index contributed by atoms with van der Waals surface area (Å²) < 4.78 is 6.31. The van der Waals surface area contributed by atoms with Gasteiger partial charge in [0.25, 0.3) is 5.91 Å². The lowest BCUT2D eigenvalue weighted by Gasteiger charge is -2.32. The highest BCUT2D eigenvalue weighted by Gasteiger charge is 2.38. The number of carboxylic acid groups (broad SMARTS) is 1. The first-order chi connectivity index (χ1) is 15.6. The van der Waals surface area contributed by atoms with E-state index in [-0.39, 0.29) is 18.9 Å². The zero-order chi connectivity index (χ0) is 24.2. The first-order valence-corrected chi connectivity index (χ1v) is 11.7. The third-order valence-corrected chi connectivity index (χ3v) is 6.43. The number of halogens is 1. The topological polar surface area (TPSA) is 100.0 Å². The molecule has 1 aliphatic heterocycles. The number of amides is 1. The largest absolute Gasteiger partial charge is 0.478 e. The number of hydrogen-bond donors (Lipinski definition) is 2. The second kappa shape index (κ2) is 10.6. The van der Waals surface area contributed by atoms with Crippen molar-refractivity contribution in [3.8, 4) is 0 Å². The number of carboxylic acids is 1. The van der Waals surface area contributed by atoms with Crippen LogP contribution in [-0.4, -0.2) is 46.3 Å². The Hall–Kier alpha value is -2.52. The molecular formula is C24H27ClN2O5S. The Labute approximate surface area is 202 Å². The van der Waals surface area contributed by atoms with E-state index in [4.69, 9.17) is 21.4 Å². The molecule has 0 spiro atoms. The zero-order valence-corrected chi connectivity index (χ0v) is 20.1. The van der Waals surface area contributed by atoms with Crippen LogP contribution in [0.15, 0.2) is 43.1 Å². The van der Waals surface area contributed by atoms with Gasteiger partial charge in [-0.1, -0.05) is 31.5 Å². The molecule has 2 heterocycles. The first-order valence-electron chi connectivity index (χ1n) is 10.5. The summed E-state index contributed by atoms with van der Waals surface area (Å²) in [5.41, 5.74) is 0.950. The fourth-order valence-electron chi connectivity index (χ4n) is 3.57. The van der Waals surface area contributed by atoms with Crippen LogP contribution in [-0.2, 0) is 20.7 Å². The molecule has 2 atom stereocenters. The van der Waals surface area contributed by atoms with Gasteiger partial charge in [-0.25, -0.2) is 9.78 Å². The van der Waals surface area contributed by atoms with E-state index in [1.807, 2.05) is 19.9 Å². The minimum absolute atomic E-state index is 0.0902. The Balaban J connectivity index is 1.99. The number of anilines is 1. The summed E-state index contributed by atoms with van der Waals surface area (Å²) in [7, 11) is 0. The molecule has 33 heavy (non-hydrogen) atoms. The van der Waals surface area contributed by atoms with Crippen LogP contribution in [0.2, 0.25) is 5.02 Å². The summed E-state index contributed by atoms with van der Waals surface area (Å²) >= 11 is 7.58. The fourth-order valence-corrected chi connectivity index (χ4v) is 4.60. The van der Waals surface area contributed by atoms with Crippen LogP contribution >= 0.6 is 22.9 Å². The van der Waals surface area contributed by atoms with Crippen LogP contribution in [0.5, 0.6) is 0 Å². The Morgan fingerprint density at radius 2 is 2.15 bits per heavy atom. The second-order valence-corrected chi connectivity index (χ2v) is 10.2. The smallest absolute Gasteiger partial charge is 0.328 e. The van der Waals surface area contributed by atoms with Crippen molar-refractivity contribution >= 4 is 46.6 Å². The lowest BCUT2D eigenvalue weighted by Crippen LogP contribution is -2.45. The quantitative estimate of drug-likeness (QED) is 0.396. The van der Waals surface area contributed by atoms with E-state index in [1.54, 1.807) is 29.3 Å². The van der Waals surface area contributed by atoms with Crippen molar-refractivity contribution in [2.45, 2.75) is 38.9 Å². The van der Waals surface area contributed by atoms with Gasteiger partial charge >= 0.3 is 5.97 Å². The molecule has 0 radical (unpaired) electrons. The Bertz CT molecular complexity index is 1060. The van der Waals surface area contributed by atoms with Gasteiger partial charge in [0.15, 0.2) is 0 Å². The maximum absolute atomic E-state index is 13.7. The second-order valence-electron chi connectivity index (χ2n) is 8.62. The van der Waals surface area contributed by atoms with Crippen molar-refractivity contribution < 1.29 is 24.5 Å². The van der Waals surface area contributed by atoms with Crippen molar-refractivity contribution in [2.24, 2.45) is 5.41 Å². The molecule has 0 bridgehead atoms. The molecule has 0 unspecified atom stereocenters. The highest BCUT2D eigenvalue weighted by molar-refractivity contribution is 7.12. The van der Waals surface area contributed by atoms with Crippen molar-refractivity contribution in [1.29, 1.82) is 0 Å². The van der Waals surface area contributed by atoms with E-state index in [1.165, 1.54) is 17.4 Å². The molecule has 0 fully saturated rings. The number of benzene rings is 1. The number of nitrogens with zero attached hydrogens (tertiary/aromatic N) is 2. The van der Waals surface area contributed by atoms with E-state index in [0.29, 0.717) is 33.6 Å². The number of rotatable bonds is 9. The molecule has 7 nitrogen and oxygen atoms in total. The molecule has 0 saturated heterocycles. The van der Waals surface area contributed by atoms with Gasteiger partial charge in [-0.05, 0) is 30.7 Å². The van der Waals surface area contributed by atoms with E-state index in [9.17, 15) is 14.7 Å². The molecule has 0 saturated carbocycles. The summed E-state index contributed by atoms with van der Waals surface area (Å²) in [6.45, 7) is 7.81. The number of thiazole rings is 1. The van der Waals surface area contributed by atoms with Gasteiger partial charge in [-0.3, -0.25) is 4.79 Å². The number of fused-ring (bicyclic) bond motifs is 1. The number of carbonyl (C=O) groups excluding carboxylic acids is 1. The molecule has 2 N–H and O–H groups in total. The van der Waals surface area contributed by atoms with E-state index < -0.39 is 23.6 Å². The Kier molecular flexibility index (Phi) is 8.07. The SMILES string of the molecule is C=CC[C@H]1O[C@H](Cc2ncc(/C=C/C(=O)O)s2)C(=O)N(CC(C)(C)CO)c2ccc(Cl)cc21. The number of carbonyl (C=O) groups is 2. The monoisotopic (exact) mass is 490 g/mol. The number of aliphatic carboxylic acids is 1. The van der Waals surface area contributed by atoms with E-state index in [2.05, 4.69) is 11.6 Å². The molecule has 176 valence electrons. The minimum atomic E-state index is -1.04. The Morgan fingerprint density at radius 3 is 2.82 bits per heavy atom. The van der Waals surface area contributed by atoms with Crippen LogP contribution in [0, 0.1) is 5.41 Å². The summed E-state index contributed by atoms with van der Waals surface area (Å²) in [5.74, 6) is -1.28. The van der Waals surface area contributed by atoms with E-state index in [0.717, 1.165) is 11.6 Å². The number of ether oxygens (including phenoxy) is 1.